The van der Waals surface area contributed by atoms with E-state index in [1.54, 1.807) is 0 Å². The Bertz CT molecular complexity index is 145. The van der Waals surface area contributed by atoms with Crippen LogP contribution in [0.3, 0.4) is 0 Å². The Hall–Kier alpha value is 1.10. The van der Waals surface area contributed by atoms with Gasteiger partial charge in [0.25, 0.3) is 0 Å². The molecule has 0 aromatic heterocycles. The van der Waals surface area contributed by atoms with Crippen molar-refractivity contribution in [2.75, 3.05) is 0 Å². The molecule has 1 heteroatoms. The van der Waals surface area contributed by atoms with Gasteiger partial charge in [0, 0.05) is 32.7 Å². The Morgan fingerprint density at radius 1 is 0.833 bits per heavy atom. The molecule has 18 heavy (non-hydrogen) atoms. The summed E-state index contributed by atoms with van der Waals surface area (Å²) in [5.74, 6) is 2.68. The SMILES string of the molecule is [CH2-]CC(C)CCCCCC(C)CC(C)CC.[CH3-].[Y]. The van der Waals surface area contributed by atoms with Crippen molar-refractivity contribution >= 4 is 0 Å². The predicted octanol–water partition coefficient (Wildman–Crippen LogP) is 6.32. The topological polar surface area (TPSA) is 0 Å². The molecule has 0 aliphatic heterocycles. The van der Waals surface area contributed by atoms with Crippen molar-refractivity contribution < 1.29 is 32.7 Å². The maximum absolute atomic E-state index is 3.95. The van der Waals surface area contributed by atoms with E-state index in [0.29, 0.717) is 0 Å². The Balaban J connectivity index is -0.00000112. The third-order valence-corrected chi connectivity index (χ3v) is 3.89. The Kier molecular flexibility index (Phi) is 21.7. The molecule has 0 aromatic carbocycles. The zero-order valence-electron chi connectivity index (χ0n) is 13.7. The van der Waals surface area contributed by atoms with Crippen molar-refractivity contribution in [3.8, 4) is 0 Å². The molecule has 0 nitrogen and oxygen atoms in total. The van der Waals surface area contributed by atoms with Crippen LogP contribution in [0.2, 0.25) is 0 Å². The van der Waals surface area contributed by atoms with Gasteiger partial charge in [-0.2, -0.15) is 6.42 Å². The van der Waals surface area contributed by atoms with Crippen LogP contribution in [0.25, 0.3) is 0 Å². The molecule has 0 rings (SSSR count). The minimum atomic E-state index is 0. The molecule has 0 aliphatic rings. The molecule has 3 atom stereocenters. The second-order valence-corrected chi connectivity index (χ2v) is 5.89. The Morgan fingerprint density at radius 2 is 1.33 bits per heavy atom. The second kappa shape index (κ2) is 16.2. The van der Waals surface area contributed by atoms with Gasteiger partial charge in [-0.15, -0.1) is 0 Å². The molecule has 0 heterocycles. The summed E-state index contributed by atoms with van der Waals surface area (Å²) in [6.07, 6.45) is 10.9. The molecule has 0 bridgehead atoms. The summed E-state index contributed by atoms with van der Waals surface area (Å²) in [5, 5.41) is 0. The van der Waals surface area contributed by atoms with Crippen LogP contribution < -0.4 is 0 Å². The number of hydrogen-bond acceptors (Lipinski definition) is 0. The fraction of sp³-hybridized carbons (Fsp3) is 0.882. The van der Waals surface area contributed by atoms with E-state index < -0.39 is 0 Å². The summed E-state index contributed by atoms with van der Waals surface area (Å²) in [6.45, 7) is 13.4. The molecule has 0 saturated carbocycles. The van der Waals surface area contributed by atoms with Crippen LogP contribution in [0.5, 0.6) is 0 Å². The number of unbranched alkanes of at least 4 members (excludes halogenated alkanes) is 2. The average Bonchev–Trinajstić information content (AvgIpc) is 2.27. The largest absolute Gasteiger partial charge is 0.358 e. The van der Waals surface area contributed by atoms with E-state index in [1.165, 1.54) is 44.9 Å². The van der Waals surface area contributed by atoms with Crippen LogP contribution in [-0.4, -0.2) is 0 Å². The van der Waals surface area contributed by atoms with Gasteiger partial charge in [-0.05, 0) is 18.3 Å². The first-order valence-corrected chi connectivity index (χ1v) is 7.39. The number of rotatable bonds is 10. The van der Waals surface area contributed by atoms with Gasteiger partial charge in [0.2, 0.25) is 0 Å². The standard InChI is InChI=1S/C16H33.CH3.Y/c1-6-14(3)11-9-8-10-12-16(5)13-15(4)7-2;;/h14-16H,1,6-13H2,2-5H3;1H3;/q2*-1;. The second-order valence-electron chi connectivity index (χ2n) is 5.89. The smallest absolute Gasteiger partial charge is 0 e. The normalized spacial score (nSPS) is 15.2. The van der Waals surface area contributed by atoms with Crippen LogP contribution in [-0.2, 0) is 32.7 Å². The van der Waals surface area contributed by atoms with Gasteiger partial charge >= 0.3 is 0 Å². The molecular weight excluding hydrogens is 293 g/mol. The van der Waals surface area contributed by atoms with Crippen molar-refractivity contribution in [2.24, 2.45) is 17.8 Å². The summed E-state index contributed by atoms with van der Waals surface area (Å²) in [4.78, 5) is 0. The van der Waals surface area contributed by atoms with Crippen molar-refractivity contribution in [3.63, 3.8) is 0 Å². The summed E-state index contributed by atoms with van der Waals surface area (Å²) in [6, 6.07) is 0. The van der Waals surface area contributed by atoms with E-state index in [4.69, 9.17) is 0 Å². The first-order chi connectivity index (χ1) is 7.60. The quantitative estimate of drug-likeness (QED) is 0.325. The maximum Gasteiger partial charge on any atom is 0 e. The predicted molar refractivity (Wildman–Crippen MR) is 81.9 cm³/mol. The van der Waals surface area contributed by atoms with Crippen LogP contribution in [0.1, 0.15) is 79.1 Å². The molecule has 3 unspecified atom stereocenters. The molecular formula is C17H36Y-2. The minimum Gasteiger partial charge on any atom is -0.358 e. The summed E-state index contributed by atoms with van der Waals surface area (Å²) >= 11 is 0. The summed E-state index contributed by atoms with van der Waals surface area (Å²) < 4.78 is 0. The van der Waals surface area contributed by atoms with E-state index >= 15 is 0 Å². The third kappa shape index (κ3) is 15.2. The van der Waals surface area contributed by atoms with Gasteiger partial charge in [0.05, 0.1) is 0 Å². The molecule has 0 aromatic rings. The molecule has 109 valence electrons. The molecule has 0 fully saturated rings. The van der Waals surface area contributed by atoms with E-state index in [2.05, 4.69) is 34.6 Å². The van der Waals surface area contributed by atoms with Gasteiger partial charge in [-0.25, -0.2) is 0 Å². The summed E-state index contributed by atoms with van der Waals surface area (Å²) in [5.41, 5.74) is 0. The molecule has 1 radical (unpaired) electrons. The fourth-order valence-corrected chi connectivity index (χ4v) is 2.28. The molecule has 0 spiro atoms. The monoisotopic (exact) mass is 329 g/mol. The van der Waals surface area contributed by atoms with Gasteiger partial charge in [0.15, 0.2) is 0 Å². The zero-order chi connectivity index (χ0) is 12.4. The molecule has 0 N–H and O–H groups in total. The van der Waals surface area contributed by atoms with Crippen molar-refractivity contribution in [2.45, 2.75) is 79.1 Å². The first kappa shape index (κ1) is 24.1. The summed E-state index contributed by atoms with van der Waals surface area (Å²) in [7, 11) is 0. The van der Waals surface area contributed by atoms with Crippen LogP contribution in [0, 0.1) is 32.1 Å². The van der Waals surface area contributed by atoms with E-state index in [9.17, 15) is 0 Å². The fourth-order valence-electron chi connectivity index (χ4n) is 2.28. The number of hydrogen-bond donors (Lipinski definition) is 0. The van der Waals surface area contributed by atoms with Crippen LogP contribution in [0.15, 0.2) is 0 Å². The maximum atomic E-state index is 3.95. The molecule has 0 aliphatic carbocycles. The third-order valence-electron chi connectivity index (χ3n) is 3.89. The molecule has 0 amide bonds. The average molecular weight is 329 g/mol. The van der Waals surface area contributed by atoms with Gasteiger partial charge < -0.3 is 14.4 Å². The van der Waals surface area contributed by atoms with Gasteiger partial charge in [0.1, 0.15) is 0 Å². The van der Waals surface area contributed by atoms with Crippen LogP contribution in [0.4, 0.5) is 0 Å². The van der Waals surface area contributed by atoms with Crippen LogP contribution >= 0.6 is 0 Å². The molecule has 0 saturated heterocycles. The minimum absolute atomic E-state index is 0. The van der Waals surface area contributed by atoms with Crippen molar-refractivity contribution in [1.29, 1.82) is 0 Å². The zero-order valence-corrected chi connectivity index (χ0v) is 16.5. The Morgan fingerprint density at radius 3 is 1.78 bits per heavy atom. The van der Waals surface area contributed by atoms with Gasteiger partial charge in [-0.3, -0.25) is 0 Å². The first-order valence-electron chi connectivity index (χ1n) is 7.39. The van der Waals surface area contributed by atoms with Crippen molar-refractivity contribution in [3.05, 3.63) is 14.4 Å². The van der Waals surface area contributed by atoms with Gasteiger partial charge in [-0.1, -0.05) is 72.1 Å². The van der Waals surface area contributed by atoms with Crippen molar-refractivity contribution in [1.82, 2.24) is 0 Å². The van der Waals surface area contributed by atoms with E-state index in [1.807, 2.05) is 0 Å². The van der Waals surface area contributed by atoms with E-state index in [-0.39, 0.29) is 40.1 Å². The Labute approximate surface area is 143 Å². The van der Waals surface area contributed by atoms with E-state index in [0.717, 1.165) is 24.2 Å².